The molecule has 1 aliphatic heterocycles. The minimum absolute atomic E-state index is 0.0320. The van der Waals surface area contributed by atoms with E-state index < -0.39 is 11.9 Å². The summed E-state index contributed by atoms with van der Waals surface area (Å²) in [5.74, 6) is 0.416. The third-order valence-electron chi connectivity index (χ3n) is 6.11. The van der Waals surface area contributed by atoms with Crippen molar-refractivity contribution in [2.45, 2.75) is 19.8 Å². The monoisotopic (exact) mass is 476 g/mol. The van der Waals surface area contributed by atoms with Gasteiger partial charge in [-0.2, -0.15) is 5.26 Å². The van der Waals surface area contributed by atoms with Gasteiger partial charge in [0.2, 0.25) is 5.88 Å². The van der Waals surface area contributed by atoms with Crippen LogP contribution < -0.4 is 19.9 Å². The lowest BCUT2D eigenvalue weighted by atomic mass is 9.81. The lowest BCUT2D eigenvalue weighted by molar-refractivity contribution is -0.136. The highest BCUT2D eigenvalue weighted by molar-refractivity contribution is 5.87. The summed E-state index contributed by atoms with van der Waals surface area (Å²) in [6, 6.07) is 27.1. The fourth-order valence-electron chi connectivity index (χ4n) is 4.64. The Morgan fingerprint density at radius 1 is 0.944 bits per heavy atom. The van der Waals surface area contributed by atoms with E-state index in [9.17, 15) is 10.1 Å². The molecule has 1 aliphatic rings. The summed E-state index contributed by atoms with van der Waals surface area (Å²) in [7, 11) is 0. The summed E-state index contributed by atoms with van der Waals surface area (Å²) in [5.41, 5.74) is 10.3. The SMILES string of the molecule is Cc1cc(C)cc(OCC(=O)Oc2ccc3c(c2)OC(N)=C(C#N)C3c2cccc3ccccc23)c1. The van der Waals surface area contributed by atoms with Gasteiger partial charge < -0.3 is 19.9 Å². The van der Waals surface area contributed by atoms with Crippen molar-refractivity contribution in [3.05, 3.63) is 113 Å². The number of carbonyl (C=O) groups is 1. The van der Waals surface area contributed by atoms with Gasteiger partial charge in [0.05, 0.1) is 5.92 Å². The van der Waals surface area contributed by atoms with Crippen LogP contribution in [0, 0.1) is 25.2 Å². The van der Waals surface area contributed by atoms with E-state index in [1.165, 1.54) is 0 Å². The molecule has 36 heavy (non-hydrogen) atoms. The van der Waals surface area contributed by atoms with Gasteiger partial charge in [-0.3, -0.25) is 0 Å². The molecule has 5 rings (SSSR count). The lowest BCUT2D eigenvalue weighted by Crippen LogP contribution is -2.22. The fraction of sp³-hybridized carbons (Fsp3) is 0.133. The number of carbonyl (C=O) groups excluding carboxylic acids is 1. The average molecular weight is 477 g/mol. The summed E-state index contributed by atoms with van der Waals surface area (Å²) < 4.78 is 16.9. The molecule has 1 atom stereocenters. The van der Waals surface area contributed by atoms with Crippen molar-refractivity contribution in [2.24, 2.45) is 5.73 Å². The highest BCUT2D eigenvalue weighted by Crippen LogP contribution is 2.45. The number of benzene rings is 4. The molecule has 2 N–H and O–H groups in total. The molecule has 4 aromatic rings. The van der Waals surface area contributed by atoms with Gasteiger partial charge in [0.25, 0.3) is 0 Å². The number of esters is 1. The first-order valence-electron chi connectivity index (χ1n) is 11.5. The second kappa shape index (κ2) is 9.47. The zero-order valence-corrected chi connectivity index (χ0v) is 19.9. The highest BCUT2D eigenvalue weighted by atomic mass is 16.6. The van der Waals surface area contributed by atoms with Gasteiger partial charge >= 0.3 is 5.97 Å². The van der Waals surface area contributed by atoms with Crippen molar-refractivity contribution in [2.75, 3.05) is 6.61 Å². The predicted molar refractivity (Wildman–Crippen MR) is 137 cm³/mol. The maximum Gasteiger partial charge on any atom is 0.349 e. The van der Waals surface area contributed by atoms with Crippen LogP contribution in [-0.2, 0) is 4.79 Å². The van der Waals surface area contributed by atoms with Crippen LogP contribution in [0.5, 0.6) is 17.2 Å². The Labute approximate surface area is 209 Å². The Balaban J connectivity index is 1.42. The summed E-state index contributed by atoms with van der Waals surface area (Å²) in [6.45, 7) is 3.70. The van der Waals surface area contributed by atoms with Gasteiger partial charge in [0.15, 0.2) is 6.61 Å². The Kier molecular flexibility index (Phi) is 6.05. The van der Waals surface area contributed by atoms with Gasteiger partial charge in [-0.05, 0) is 59.5 Å². The van der Waals surface area contributed by atoms with Crippen LogP contribution in [-0.4, -0.2) is 12.6 Å². The minimum Gasteiger partial charge on any atom is -0.482 e. The van der Waals surface area contributed by atoms with E-state index in [-0.39, 0.29) is 12.5 Å². The maximum atomic E-state index is 12.5. The number of nitrogens with two attached hydrogens (primary N) is 1. The predicted octanol–water partition coefficient (Wildman–Crippen LogP) is 5.66. The molecule has 4 aromatic carbocycles. The second-order valence-corrected chi connectivity index (χ2v) is 8.78. The number of nitrogens with zero attached hydrogens (tertiary/aromatic N) is 1. The Morgan fingerprint density at radius 2 is 1.69 bits per heavy atom. The van der Waals surface area contributed by atoms with E-state index in [0.717, 1.165) is 33.0 Å². The van der Waals surface area contributed by atoms with E-state index in [1.54, 1.807) is 18.2 Å². The van der Waals surface area contributed by atoms with Crippen LogP contribution in [0.2, 0.25) is 0 Å². The first-order valence-corrected chi connectivity index (χ1v) is 11.5. The van der Waals surface area contributed by atoms with E-state index in [1.807, 2.05) is 74.5 Å². The minimum atomic E-state index is -0.545. The molecule has 0 aliphatic carbocycles. The van der Waals surface area contributed by atoms with E-state index in [0.29, 0.717) is 22.8 Å². The zero-order chi connectivity index (χ0) is 25.2. The quantitative estimate of drug-likeness (QED) is 0.295. The van der Waals surface area contributed by atoms with Crippen molar-refractivity contribution < 1.29 is 19.0 Å². The summed E-state index contributed by atoms with van der Waals surface area (Å²) >= 11 is 0. The lowest BCUT2D eigenvalue weighted by Gasteiger charge is -2.27. The smallest absolute Gasteiger partial charge is 0.349 e. The van der Waals surface area contributed by atoms with Gasteiger partial charge in [-0.25, -0.2) is 4.79 Å². The maximum absolute atomic E-state index is 12.5. The fourth-order valence-corrected chi connectivity index (χ4v) is 4.64. The van der Waals surface area contributed by atoms with Crippen LogP contribution in [0.1, 0.15) is 28.2 Å². The molecule has 0 radical (unpaired) electrons. The van der Waals surface area contributed by atoms with Crippen molar-refractivity contribution in [3.63, 3.8) is 0 Å². The molecule has 0 saturated heterocycles. The molecule has 1 heterocycles. The van der Waals surface area contributed by atoms with Crippen LogP contribution in [0.3, 0.4) is 0 Å². The highest BCUT2D eigenvalue weighted by Gasteiger charge is 2.32. The molecule has 6 nitrogen and oxygen atoms in total. The topological polar surface area (TPSA) is 94.6 Å². The molecular formula is C30H24N2O4. The summed E-state index contributed by atoms with van der Waals surface area (Å²) in [4.78, 5) is 12.5. The van der Waals surface area contributed by atoms with Crippen LogP contribution >= 0.6 is 0 Å². The van der Waals surface area contributed by atoms with Crippen molar-refractivity contribution >= 4 is 16.7 Å². The molecule has 6 heteroatoms. The van der Waals surface area contributed by atoms with Crippen molar-refractivity contribution in [1.82, 2.24) is 0 Å². The number of aryl methyl sites for hydroxylation is 2. The number of ether oxygens (including phenoxy) is 3. The molecule has 0 bridgehead atoms. The van der Waals surface area contributed by atoms with Crippen LogP contribution in [0.25, 0.3) is 10.8 Å². The molecule has 0 aromatic heterocycles. The van der Waals surface area contributed by atoms with Crippen molar-refractivity contribution in [1.29, 1.82) is 5.26 Å². The molecule has 0 saturated carbocycles. The number of hydrogen-bond donors (Lipinski definition) is 1. The van der Waals surface area contributed by atoms with Gasteiger partial charge in [-0.1, -0.05) is 54.6 Å². The Hall–Kier alpha value is -4.76. The van der Waals surface area contributed by atoms with Gasteiger partial charge in [-0.15, -0.1) is 0 Å². The standard InChI is InChI=1S/C30H24N2O4/c1-18-12-19(2)14-22(13-18)34-17-28(33)35-21-10-11-25-27(15-21)36-30(32)26(16-31)29(25)24-9-5-7-20-6-3-4-8-23(20)24/h3-15,29H,17,32H2,1-2H3. The zero-order valence-electron chi connectivity index (χ0n) is 19.9. The number of fused-ring (bicyclic) bond motifs is 2. The van der Waals surface area contributed by atoms with Crippen LogP contribution in [0.15, 0.2) is 90.3 Å². The third kappa shape index (κ3) is 4.47. The van der Waals surface area contributed by atoms with E-state index >= 15 is 0 Å². The first kappa shape index (κ1) is 23.0. The first-order chi connectivity index (χ1) is 17.4. The van der Waals surface area contributed by atoms with Crippen LogP contribution in [0.4, 0.5) is 0 Å². The summed E-state index contributed by atoms with van der Waals surface area (Å²) in [5, 5.41) is 12.0. The summed E-state index contributed by atoms with van der Waals surface area (Å²) in [6.07, 6.45) is 0. The number of rotatable bonds is 5. The molecular weight excluding hydrogens is 452 g/mol. The normalized spacial score (nSPS) is 14.5. The second-order valence-electron chi connectivity index (χ2n) is 8.78. The largest absolute Gasteiger partial charge is 0.482 e. The molecule has 178 valence electrons. The van der Waals surface area contributed by atoms with Crippen molar-refractivity contribution in [3.8, 4) is 23.3 Å². The average Bonchev–Trinajstić information content (AvgIpc) is 2.86. The Bertz CT molecular complexity index is 1540. The van der Waals surface area contributed by atoms with Gasteiger partial charge in [0, 0.05) is 11.6 Å². The Morgan fingerprint density at radius 3 is 2.47 bits per heavy atom. The molecule has 0 spiro atoms. The number of nitriles is 1. The van der Waals surface area contributed by atoms with E-state index in [4.69, 9.17) is 19.9 Å². The third-order valence-corrected chi connectivity index (χ3v) is 6.11. The number of allylic oxidation sites excluding steroid dienone is 1. The van der Waals surface area contributed by atoms with Gasteiger partial charge in [0.1, 0.15) is 28.9 Å². The number of hydrogen-bond acceptors (Lipinski definition) is 6. The molecule has 0 amide bonds. The van der Waals surface area contributed by atoms with E-state index in [2.05, 4.69) is 6.07 Å². The molecule has 1 unspecified atom stereocenters. The molecule has 0 fully saturated rings.